The lowest BCUT2D eigenvalue weighted by Crippen LogP contribution is -2.15. The van der Waals surface area contributed by atoms with Gasteiger partial charge in [0.15, 0.2) is 0 Å². The molecule has 12 heavy (non-hydrogen) atoms. The first-order valence-corrected chi connectivity index (χ1v) is 4.46. The Hall–Kier alpha value is -0.760. The summed E-state index contributed by atoms with van der Waals surface area (Å²) in [4.78, 5) is 11.4. The van der Waals surface area contributed by atoms with E-state index in [0.717, 1.165) is 37.0 Å². The molecule has 2 nitrogen and oxygen atoms in total. The maximum absolute atomic E-state index is 11.4. The molecule has 0 amide bonds. The monoisotopic (exact) mass is 184 g/mol. The molecule has 0 N–H and O–H groups in total. The van der Waals surface area contributed by atoms with Gasteiger partial charge in [-0.05, 0) is 19.3 Å². The van der Waals surface area contributed by atoms with Crippen LogP contribution in [0.2, 0.25) is 5.02 Å². The molecule has 3 heteroatoms. The number of halogens is 1. The van der Waals surface area contributed by atoms with Crippen molar-refractivity contribution in [2.45, 2.75) is 25.7 Å². The Morgan fingerprint density at radius 3 is 2.92 bits per heavy atom. The van der Waals surface area contributed by atoms with Gasteiger partial charge in [0.1, 0.15) is 17.0 Å². The van der Waals surface area contributed by atoms with E-state index in [1.165, 1.54) is 6.26 Å². The number of fused-ring (bicyclic) bond motifs is 1. The van der Waals surface area contributed by atoms with Crippen molar-refractivity contribution in [3.63, 3.8) is 0 Å². The first-order valence-electron chi connectivity index (χ1n) is 4.08. The highest BCUT2D eigenvalue weighted by Gasteiger charge is 2.15. The van der Waals surface area contributed by atoms with E-state index in [1.54, 1.807) is 0 Å². The average Bonchev–Trinajstić information content (AvgIpc) is 2.12. The van der Waals surface area contributed by atoms with Gasteiger partial charge < -0.3 is 4.42 Å². The lowest BCUT2D eigenvalue weighted by Gasteiger charge is -2.12. The van der Waals surface area contributed by atoms with Gasteiger partial charge in [0.2, 0.25) is 5.43 Å². The van der Waals surface area contributed by atoms with Crippen LogP contribution in [0.5, 0.6) is 0 Å². The number of hydrogen-bond acceptors (Lipinski definition) is 2. The van der Waals surface area contributed by atoms with Crippen LogP contribution in [-0.4, -0.2) is 0 Å². The molecule has 1 aliphatic carbocycles. The van der Waals surface area contributed by atoms with Gasteiger partial charge in [0.05, 0.1) is 0 Å². The molecule has 0 saturated heterocycles. The summed E-state index contributed by atoms with van der Waals surface area (Å²) in [5.41, 5.74) is 0.742. The van der Waals surface area contributed by atoms with Crippen LogP contribution in [0, 0.1) is 0 Å². The predicted molar refractivity (Wildman–Crippen MR) is 46.6 cm³/mol. The van der Waals surface area contributed by atoms with Crippen molar-refractivity contribution in [1.29, 1.82) is 0 Å². The predicted octanol–water partition coefficient (Wildman–Crippen LogP) is 2.17. The molecule has 0 bridgehead atoms. The second-order valence-electron chi connectivity index (χ2n) is 3.02. The fourth-order valence-corrected chi connectivity index (χ4v) is 1.73. The zero-order valence-electron chi connectivity index (χ0n) is 6.60. The number of aryl methyl sites for hydroxylation is 1. The van der Waals surface area contributed by atoms with Gasteiger partial charge in [-0.2, -0.15) is 0 Å². The van der Waals surface area contributed by atoms with Crippen molar-refractivity contribution >= 4 is 11.6 Å². The minimum atomic E-state index is -0.0439. The maximum atomic E-state index is 11.4. The molecule has 0 aromatic carbocycles. The van der Waals surface area contributed by atoms with Crippen LogP contribution in [0.1, 0.15) is 24.2 Å². The van der Waals surface area contributed by atoms with Crippen LogP contribution in [-0.2, 0) is 12.8 Å². The van der Waals surface area contributed by atoms with Gasteiger partial charge in [-0.3, -0.25) is 4.79 Å². The van der Waals surface area contributed by atoms with E-state index in [-0.39, 0.29) is 10.5 Å². The molecule has 0 atom stereocenters. The molecule has 64 valence electrons. The van der Waals surface area contributed by atoms with Crippen LogP contribution in [0.4, 0.5) is 0 Å². The van der Waals surface area contributed by atoms with Crippen molar-refractivity contribution < 1.29 is 4.42 Å². The maximum Gasteiger partial charge on any atom is 0.206 e. The van der Waals surface area contributed by atoms with Crippen molar-refractivity contribution in [1.82, 2.24) is 0 Å². The van der Waals surface area contributed by atoms with Crippen LogP contribution < -0.4 is 5.43 Å². The van der Waals surface area contributed by atoms with Crippen molar-refractivity contribution in [3.05, 3.63) is 32.8 Å². The van der Waals surface area contributed by atoms with Crippen LogP contribution in [0.3, 0.4) is 0 Å². The number of rotatable bonds is 0. The second-order valence-corrected chi connectivity index (χ2v) is 3.43. The average molecular weight is 185 g/mol. The van der Waals surface area contributed by atoms with Crippen molar-refractivity contribution in [3.8, 4) is 0 Å². The van der Waals surface area contributed by atoms with Gasteiger partial charge in [-0.25, -0.2) is 0 Å². The zero-order chi connectivity index (χ0) is 8.55. The third-order valence-corrected chi connectivity index (χ3v) is 2.47. The Bertz CT molecular complexity index is 354. The Labute approximate surface area is 75.2 Å². The molecule has 1 aromatic heterocycles. The highest BCUT2D eigenvalue weighted by molar-refractivity contribution is 6.30. The molecule has 1 heterocycles. The highest BCUT2D eigenvalue weighted by Crippen LogP contribution is 2.19. The molecular formula is C9H9ClO2. The Kier molecular flexibility index (Phi) is 1.93. The fourth-order valence-electron chi connectivity index (χ4n) is 1.57. The summed E-state index contributed by atoms with van der Waals surface area (Å²) in [7, 11) is 0. The lowest BCUT2D eigenvalue weighted by atomic mass is 9.97. The highest BCUT2D eigenvalue weighted by atomic mass is 35.5. The molecule has 1 aliphatic rings. The quantitative estimate of drug-likeness (QED) is 0.619. The molecular weight excluding hydrogens is 176 g/mol. The molecule has 0 aliphatic heterocycles. The summed E-state index contributed by atoms with van der Waals surface area (Å²) in [6.07, 6.45) is 5.21. The standard InChI is InChI=1S/C9H9ClO2/c10-7-5-12-8-4-2-1-3-6(8)9(7)11/h5H,1-4H2. The van der Waals surface area contributed by atoms with E-state index in [1.807, 2.05) is 0 Å². The Balaban J connectivity index is 2.62. The molecule has 2 rings (SSSR count). The van der Waals surface area contributed by atoms with Crippen molar-refractivity contribution in [2.24, 2.45) is 0 Å². The van der Waals surface area contributed by atoms with Gasteiger partial charge in [-0.1, -0.05) is 11.6 Å². The Morgan fingerprint density at radius 1 is 1.33 bits per heavy atom. The van der Waals surface area contributed by atoms with Gasteiger partial charge in [0.25, 0.3) is 0 Å². The third kappa shape index (κ3) is 1.16. The summed E-state index contributed by atoms with van der Waals surface area (Å²) >= 11 is 5.64. The first kappa shape index (κ1) is 7.87. The first-order chi connectivity index (χ1) is 5.79. The van der Waals surface area contributed by atoms with Crippen molar-refractivity contribution in [2.75, 3.05) is 0 Å². The van der Waals surface area contributed by atoms with E-state index in [9.17, 15) is 4.79 Å². The molecule has 0 spiro atoms. The van der Waals surface area contributed by atoms with Crippen LogP contribution >= 0.6 is 11.6 Å². The minimum absolute atomic E-state index is 0.0439. The topological polar surface area (TPSA) is 30.2 Å². The van der Waals surface area contributed by atoms with Crippen LogP contribution in [0.25, 0.3) is 0 Å². The largest absolute Gasteiger partial charge is 0.467 e. The second kappa shape index (κ2) is 2.94. The summed E-state index contributed by atoms with van der Waals surface area (Å²) in [5, 5.41) is 0.204. The molecule has 0 saturated carbocycles. The van der Waals surface area contributed by atoms with Crippen LogP contribution in [0.15, 0.2) is 15.5 Å². The smallest absolute Gasteiger partial charge is 0.206 e. The van der Waals surface area contributed by atoms with Gasteiger partial charge >= 0.3 is 0 Å². The third-order valence-electron chi connectivity index (χ3n) is 2.21. The van der Waals surface area contributed by atoms with E-state index in [0.29, 0.717) is 0 Å². The van der Waals surface area contributed by atoms with E-state index >= 15 is 0 Å². The van der Waals surface area contributed by atoms with E-state index in [2.05, 4.69) is 0 Å². The summed E-state index contributed by atoms with van der Waals surface area (Å²) < 4.78 is 5.23. The zero-order valence-corrected chi connectivity index (χ0v) is 7.36. The molecule has 1 aromatic rings. The fraction of sp³-hybridized carbons (Fsp3) is 0.444. The van der Waals surface area contributed by atoms with E-state index < -0.39 is 0 Å². The summed E-state index contributed by atoms with van der Waals surface area (Å²) in [6.45, 7) is 0. The summed E-state index contributed by atoms with van der Waals surface area (Å²) in [6, 6.07) is 0. The van der Waals surface area contributed by atoms with Gasteiger partial charge in [0, 0.05) is 12.0 Å². The molecule has 0 unspecified atom stereocenters. The SMILES string of the molecule is O=c1c(Cl)coc2c1CCCC2. The number of hydrogen-bond donors (Lipinski definition) is 0. The molecule has 0 fully saturated rings. The van der Waals surface area contributed by atoms with E-state index in [4.69, 9.17) is 16.0 Å². The summed E-state index contributed by atoms with van der Waals surface area (Å²) in [5.74, 6) is 0.829. The Morgan fingerprint density at radius 2 is 2.08 bits per heavy atom. The van der Waals surface area contributed by atoms with Gasteiger partial charge in [-0.15, -0.1) is 0 Å². The molecule has 0 radical (unpaired) electrons. The minimum Gasteiger partial charge on any atom is -0.467 e. The normalized spacial score (nSPS) is 15.8. The lowest BCUT2D eigenvalue weighted by molar-refractivity contribution is 0.452.